The van der Waals surface area contributed by atoms with Gasteiger partial charge in [-0.25, -0.2) is 0 Å². The van der Waals surface area contributed by atoms with Crippen LogP contribution < -0.4 is 10.1 Å². The van der Waals surface area contributed by atoms with Crippen LogP contribution in [0.4, 0.5) is 5.69 Å². The number of nitro groups is 1. The first-order valence-corrected chi connectivity index (χ1v) is 6.91. The molecule has 1 aromatic carbocycles. The minimum atomic E-state index is -0.566. The van der Waals surface area contributed by atoms with Crippen molar-refractivity contribution in [3.05, 3.63) is 33.9 Å². The van der Waals surface area contributed by atoms with Gasteiger partial charge < -0.3 is 15.2 Å². The molecule has 0 radical (unpaired) electrons. The fraction of sp³-hybridized carbons (Fsp3) is 0.500. The minimum Gasteiger partial charge on any atom is -0.487 e. The van der Waals surface area contributed by atoms with E-state index in [1.165, 1.54) is 18.2 Å². The molecule has 0 aliphatic heterocycles. The van der Waals surface area contributed by atoms with Gasteiger partial charge in [0.2, 0.25) is 5.75 Å². The molecule has 0 spiro atoms. The number of nitrogens with zero attached hydrogens (tertiary/aromatic N) is 1. The summed E-state index contributed by atoms with van der Waals surface area (Å²) in [4.78, 5) is 22.5. The third kappa shape index (κ3) is 5.03. The van der Waals surface area contributed by atoms with Gasteiger partial charge in [0.1, 0.15) is 0 Å². The predicted molar refractivity (Wildman–Crippen MR) is 77.5 cm³/mol. The van der Waals surface area contributed by atoms with Crippen LogP contribution in [0.1, 0.15) is 36.5 Å². The molecule has 1 aromatic rings. The first-order chi connectivity index (χ1) is 10.1. The Morgan fingerprint density at radius 3 is 2.76 bits per heavy atom. The first kappa shape index (κ1) is 16.9. The molecule has 0 fully saturated rings. The van der Waals surface area contributed by atoms with Gasteiger partial charge in [0, 0.05) is 19.2 Å². The highest BCUT2D eigenvalue weighted by molar-refractivity contribution is 5.98. The Bertz CT molecular complexity index is 490. The summed E-state index contributed by atoms with van der Waals surface area (Å²) in [6.07, 6.45) is 2.24. The second-order valence-electron chi connectivity index (χ2n) is 4.38. The van der Waals surface area contributed by atoms with Crippen molar-refractivity contribution in [3.63, 3.8) is 0 Å². The van der Waals surface area contributed by atoms with E-state index < -0.39 is 10.8 Å². The molecule has 1 amide bonds. The average molecular weight is 296 g/mol. The molecule has 0 atom stereocenters. The van der Waals surface area contributed by atoms with Crippen LogP contribution in [0.15, 0.2) is 18.2 Å². The summed E-state index contributed by atoms with van der Waals surface area (Å²) in [7, 11) is 0. The quantitative estimate of drug-likeness (QED) is 0.411. The molecule has 0 heterocycles. The van der Waals surface area contributed by atoms with Gasteiger partial charge in [-0.05, 0) is 32.3 Å². The summed E-state index contributed by atoms with van der Waals surface area (Å²) in [6, 6.07) is 4.27. The summed E-state index contributed by atoms with van der Waals surface area (Å²) >= 11 is 0. The van der Waals surface area contributed by atoms with E-state index in [0.717, 1.165) is 12.8 Å². The van der Waals surface area contributed by atoms with Gasteiger partial charge in [0.25, 0.3) is 5.91 Å². The molecule has 0 bridgehead atoms. The number of amides is 1. The molecule has 0 saturated heterocycles. The lowest BCUT2D eigenvalue weighted by Gasteiger charge is -2.10. The van der Waals surface area contributed by atoms with Crippen molar-refractivity contribution >= 4 is 11.6 Å². The van der Waals surface area contributed by atoms with Gasteiger partial charge in [0.15, 0.2) is 0 Å². The number of carbonyl (C=O) groups excluding carboxylic acids is 1. The largest absolute Gasteiger partial charge is 0.487 e. The van der Waals surface area contributed by atoms with Gasteiger partial charge in [-0.2, -0.15) is 0 Å². The van der Waals surface area contributed by atoms with Crippen LogP contribution >= 0.6 is 0 Å². The van der Waals surface area contributed by atoms with Crippen molar-refractivity contribution in [3.8, 4) is 5.75 Å². The molecule has 7 nitrogen and oxygen atoms in total. The summed E-state index contributed by atoms with van der Waals surface area (Å²) in [5.74, 6) is -0.399. The standard InChI is InChI=1S/C14H20N2O5/c1-2-21-13-11(7-6-8-12(13)16(19)20)14(18)15-9-4-3-5-10-17/h6-8,17H,2-5,9-10H2,1H3,(H,15,18). The van der Waals surface area contributed by atoms with Crippen LogP contribution in [0.2, 0.25) is 0 Å². The maximum absolute atomic E-state index is 12.1. The summed E-state index contributed by atoms with van der Waals surface area (Å²) in [6.45, 7) is 2.52. The van der Waals surface area contributed by atoms with E-state index in [1.807, 2.05) is 0 Å². The molecule has 0 aromatic heterocycles. The van der Waals surface area contributed by atoms with Crippen LogP contribution in [-0.4, -0.2) is 35.7 Å². The van der Waals surface area contributed by atoms with E-state index in [0.29, 0.717) is 13.0 Å². The van der Waals surface area contributed by atoms with E-state index in [9.17, 15) is 14.9 Å². The average Bonchev–Trinajstić information content (AvgIpc) is 2.47. The number of nitro benzene ring substituents is 1. The van der Waals surface area contributed by atoms with E-state index in [1.54, 1.807) is 6.92 Å². The number of ether oxygens (including phenoxy) is 1. The van der Waals surface area contributed by atoms with Crippen LogP contribution in [-0.2, 0) is 0 Å². The lowest BCUT2D eigenvalue weighted by molar-refractivity contribution is -0.385. The van der Waals surface area contributed by atoms with Gasteiger partial charge in [0.05, 0.1) is 17.1 Å². The summed E-state index contributed by atoms with van der Waals surface area (Å²) in [5.41, 5.74) is -0.0574. The molecule has 7 heteroatoms. The number of para-hydroxylation sites is 1. The van der Waals surface area contributed by atoms with Crippen LogP contribution in [0.3, 0.4) is 0 Å². The van der Waals surface area contributed by atoms with E-state index in [-0.39, 0.29) is 30.2 Å². The molecule has 1 rings (SSSR count). The smallest absolute Gasteiger partial charge is 0.311 e. The molecule has 0 aliphatic rings. The van der Waals surface area contributed by atoms with Crippen molar-refractivity contribution in [2.75, 3.05) is 19.8 Å². The third-order valence-electron chi connectivity index (χ3n) is 2.84. The lowest BCUT2D eigenvalue weighted by Crippen LogP contribution is -2.25. The molecule has 2 N–H and O–H groups in total. The molecule has 21 heavy (non-hydrogen) atoms. The summed E-state index contributed by atoms with van der Waals surface area (Å²) < 4.78 is 5.26. The highest BCUT2D eigenvalue weighted by atomic mass is 16.6. The number of benzene rings is 1. The fourth-order valence-corrected chi connectivity index (χ4v) is 1.85. The number of unbranched alkanes of at least 4 members (excludes halogenated alkanes) is 2. The van der Waals surface area contributed by atoms with Crippen LogP contribution in [0, 0.1) is 10.1 Å². The number of rotatable bonds is 9. The normalized spacial score (nSPS) is 10.2. The second-order valence-corrected chi connectivity index (χ2v) is 4.38. The number of hydrogen-bond donors (Lipinski definition) is 2. The molecule has 116 valence electrons. The van der Waals surface area contributed by atoms with E-state index in [2.05, 4.69) is 5.32 Å². The van der Waals surface area contributed by atoms with Crippen molar-refractivity contribution in [1.82, 2.24) is 5.32 Å². The molecule has 0 saturated carbocycles. The predicted octanol–water partition coefficient (Wildman–Crippen LogP) is 1.89. The Morgan fingerprint density at radius 1 is 1.38 bits per heavy atom. The maximum Gasteiger partial charge on any atom is 0.311 e. The van der Waals surface area contributed by atoms with Gasteiger partial charge in [-0.3, -0.25) is 14.9 Å². The van der Waals surface area contributed by atoms with Crippen LogP contribution in [0.5, 0.6) is 5.75 Å². The van der Waals surface area contributed by atoms with Crippen molar-refractivity contribution < 1.29 is 19.6 Å². The van der Waals surface area contributed by atoms with E-state index in [4.69, 9.17) is 9.84 Å². The maximum atomic E-state index is 12.1. The summed E-state index contributed by atoms with van der Waals surface area (Å²) in [5, 5.41) is 22.3. The highest BCUT2D eigenvalue weighted by Gasteiger charge is 2.22. The fourth-order valence-electron chi connectivity index (χ4n) is 1.85. The topological polar surface area (TPSA) is 102 Å². The highest BCUT2D eigenvalue weighted by Crippen LogP contribution is 2.30. The van der Waals surface area contributed by atoms with Gasteiger partial charge >= 0.3 is 5.69 Å². The Morgan fingerprint density at radius 2 is 2.14 bits per heavy atom. The minimum absolute atomic E-state index is 0.00198. The molecular weight excluding hydrogens is 276 g/mol. The van der Waals surface area contributed by atoms with Crippen LogP contribution in [0.25, 0.3) is 0 Å². The zero-order valence-electron chi connectivity index (χ0n) is 12.0. The Balaban J connectivity index is 2.78. The molecular formula is C14H20N2O5. The number of aliphatic hydroxyl groups is 1. The Labute approximate surface area is 123 Å². The Hall–Kier alpha value is -2.15. The van der Waals surface area contributed by atoms with Crippen molar-refractivity contribution in [1.29, 1.82) is 0 Å². The second kappa shape index (κ2) is 8.91. The number of carbonyl (C=O) groups is 1. The monoisotopic (exact) mass is 296 g/mol. The number of nitrogens with one attached hydrogen (secondary N) is 1. The zero-order valence-corrected chi connectivity index (χ0v) is 12.0. The number of hydrogen-bond acceptors (Lipinski definition) is 5. The first-order valence-electron chi connectivity index (χ1n) is 6.91. The molecule has 0 unspecified atom stereocenters. The third-order valence-corrected chi connectivity index (χ3v) is 2.84. The Kier molecular flexibility index (Phi) is 7.17. The SMILES string of the molecule is CCOc1c(C(=O)NCCCCCO)cccc1[N+](=O)[O-]. The van der Waals surface area contributed by atoms with Gasteiger partial charge in [-0.1, -0.05) is 6.07 Å². The molecule has 0 aliphatic carbocycles. The number of aliphatic hydroxyl groups excluding tert-OH is 1. The lowest BCUT2D eigenvalue weighted by atomic mass is 10.1. The van der Waals surface area contributed by atoms with Gasteiger partial charge in [-0.15, -0.1) is 0 Å². The zero-order chi connectivity index (χ0) is 15.7. The van der Waals surface area contributed by atoms with E-state index >= 15 is 0 Å². The van der Waals surface area contributed by atoms with Crippen molar-refractivity contribution in [2.45, 2.75) is 26.2 Å². The van der Waals surface area contributed by atoms with Crippen molar-refractivity contribution in [2.24, 2.45) is 0 Å².